The molecule has 1 saturated heterocycles. The zero-order chi connectivity index (χ0) is 10.9. The van der Waals surface area contributed by atoms with Crippen LogP contribution in [0.25, 0.3) is 0 Å². The summed E-state index contributed by atoms with van der Waals surface area (Å²) in [6.45, 7) is 1.96. The van der Waals surface area contributed by atoms with Crippen molar-refractivity contribution in [2.75, 3.05) is 13.1 Å². The van der Waals surface area contributed by atoms with Gasteiger partial charge in [0.25, 0.3) is 10.0 Å². The molecule has 3 nitrogen and oxygen atoms in total. The van der Waals surface area contributed by atoms with Crippen LogP contribution in [-0.2, 0) is 10.0 Å². The Morgan fingerprint density at radius 2 is 2.07 bits per heavy atom. The summed E-state index contributed by atoms with van der Waals surface area (Å²) in [5, 5.41) is -0.353. The Morgan fingerprint density at radius 3 is 2.43 bits per heavy atom. The van der Waals surface area contributed by atoms with Crippen molar-refractivity contribution in [2.45, 2.75) is 24.5 Å². The lowest BCUT2D eigenvalue weighted by Gasteiger charge is -2.14. The van der Waals surface area contributed by atoms with Crippen LogP contribution in [0.1, 0.15) is 13.3 Å². The minimum absolute atomic E-state index is 0.00721. The summed E-state index contributed by atoms with van der Waals surface area (Å²) in [6, 6.07) is 0. The summed E-state index contributed by atoms with van der Waals surface area (Å²) in [4.78, 5) is 0. The Labute approximate surface area is 87.1 Å². The Hall–Kier alpha value is 0.0600. The second kappa shape index (κ2) is 4.28. The predicted molar refractivity (Wildman–Crippen MR) is 49.9 cm³/mol. The fraction of sp³-hybridized carbons (Fsp3) is 1.00. The van der Waals surface area contributed by atoms with E-state index in [0.29, 0.717) is 6.42 Å². The van der Waals surface area contributed by atoms with Crippen molar-refractivity contribution >= 4 is 21.6 Å². The van der Waals surface area contributed by atoms with Gasteiger partial charge in [-0.05, 0) is 5.92 Å². The van der Waals surface area contributed by atoms with Crippen LogP contribution in [0.3, 0.4) is 0 Å². The van der Waals surface area contributed by atoms with E-state index in [0.717, 1.165) is 4.31 Å². The van der Waals surface area contributed by atoms with Crippen LogP contribution >= 0.6 is 11.6 Å². The fourth-order valence-corrected chi connectivity index (χ4v) is 3.00. The first-order chi connectivity index (χ1) is 6.39. The van der Waals surface area contributed by atoms with Crippen LogP contribution in [-0.4, -0.2) is 36.9 Å². The SMILES string of the molecule is CCC1CN(S(=O)(=O)C(F)F)CC1Cl. The Morgan fingerprint density at radius 1 is 1.50 bits per heavy atom. The average Bonchev–Trinajstić information content (AvgIpc) is 2.47. The lowest BCUT2D eigenvalue weighted by molar-refractivity contribution is 0.222. The first kappa shape index (κ1) is 12.1. The van der Waals surface area contributed by atoms with Crippen molar-refractivity contribution < 1.29 is 17.2 Å². The molecule has 14 heavy (non-hydrogen) atoms. The third-order valence-corrected chi connectivity index (χ3v) is 4.40. The number of hydrogen-bond acceptors (Lipinski definition) is 2. The van der Waals surface area contributed by atoms with E-state index in [4.69, 9.17) is 11.6 Å². The molecule has 0 bridgehead atoms. The van der Waals surface area contributed by atoms with E-state index < -0.39 is 15.8 Å². The average molecular weight is 248 g/mol. The van der Waals surface area contributed by atoms with Crippen molar-refractivity contribution in [3.05, 3.63) is 0 Å². The molecule has 1 aliphatic heterocycles. The second-order valence-corrected chi connectivity index (χ2v) is 5.77. The molecule has 2 unspecified atom stereocenters. The van der Waals surface area contributed by atoms with Crippen molar-refractivity contribution in [1.82, 2.24) is 4.31 Å². The standard InChI is InChI=1S/C7H12ClF2NO2S/c1-2-5-3-11(4-6(5)8)14(12,13)7(9)10/h5-7H,2-4H2,1H3. The highest BCUT2D eigenvalue weighted by Crippen LogP contribution is 2.28. The maximum absolute atomic E-state index is 12.1. The topological polar surface area (TPSA) is 37.4 Å². The van der Waals surface area contributed by atoms with Crippen molar-refractivity contribution in [3.8, 4) is 0 Å². The fourth-order valence-electron chi connectivity index (χ4n) is 1.50. The van der Waals surface area contributed by atoms with Gasteiger partial charge in [-0.3, -0.25) is 0 Å². The third-order valence-electron chi connectivity index (χ3n) is 2.44. The molecule has 0 radical (unpaired) electrons. The predicted octanol–water partition coefficient (Wildman–Crippen LogP) is 1.49. The first-order valence-electron chi connectivity index (χ1n) is 4.30. The molecule has 1 aliphatic rings. The van der Waals surface area contributed by atoms with Crippen molar-refractivity contribution in [2.24, 2.45) is 5.92 Å². The molecule has 1 fully saturated rings. The summed E-state index contributed by atoms with van der Waals surface area (Å²) >= 11 is 5.83. The van der Waals surface area contributed by atoms with Gasteiger partial charge < -0.3 is 0 Å². The van der Waals surface area contributed by atoms with Gasteiger partial charge in [-0.15, -0.1) is 11.6 Å². The molecule has 7 heteroatoms. The molecule has 1 heterocycles. The number of hydrogen-bond donors (Lipinski definition) is 0. The molecule has 0 aromatic carbocycles. The smallest absolute Gasteiger partial charge is 0.206 e. The van der Waals surface area contributed by atoms with E-state index in [-0.39, 0.29) is 24.4 Å². The van der Waals surface area contributed by atoms with Crippen LogP contribution < -0.4 is 0 Å². The molecule has 2 atom stereocenters. The normalized spacial score (nSPS) is 30.1. The van der Waals surface area contributed by atoms with Crippen LogP contribution in [0.15, 0.2) is 0 Å². The number of rotatable bonds is 3. The van der Waals surface area contributed by atoms with Gasteiger partial charge in [0.05, 0.1) is 5.38 Å². The van der Waals surface area contributed by atoms with Crippen molar-refractivity contribution in [1.29, 1.82) is 0 Å². The molecular formula is C7H12ClF2NO2S. The Kier molecular flexibility index (Phi) is 3.71. The number of alkyl halides is 3. The Balaban J connectivity index is 2.75. The van der Waals surface area contributed by atoms with Gasteiger partial charge in [0.1, 0.15) is 0 Å². The molecule has 0 aromatic heterocycles. The van der Waals surface area contributed by atoms with E-state index in [1.54, 1.807) is 0 Å². The van der Waals surface area contributed by atoms with E-state index in [1.165, 1.54) is 0 Å². The largest absolute Gasteiger partial charge is 0.350 e. The number of nitrogens with zero attached hydrogens (tertiary/aromatic N) is 1. The zero-order valence-corrected chi connectivity index (χ0v) is 9.23. The van der Waals surface area contributed by atoms with Crippen LogP contribution in [0.4, 0.5) is 8.78 Å². The molecular weight excluding hydrogens is 236 g/mol. The van der Waals surface area contributed by atoms with Gasteiger partial charge in [-0.2, -0.15) is 13.1 Å². The maximum atomic E-state index is 12.1. The van der Waals surface area contributed by atoms with Gasteiger partial charge >= 0.3 is 5.76 Å². The minimum Gasteiger partial charge on any atom is -0.206 e. The molecule has 0 spiro atoms. The second-order valence-electron chi connectivity index (χ2n) is 3.31. The number of halogens is 3. The molecule has 0 aliphatic carbocycles. The lowest BCUT2D eigenvalue weighted by atomic mass is 10.1. The maximum Gasteiger partial charge on any atom is 0.350 e. The van der Waals surface area contributed by atoms with Gasteiger partial charge in [-0.25, -0.2) is 8.42 Å². The highest BCUT2D eigenvalue weighted by Gasteiger charge is 2.40. The summed E-state index contributed by atoms with van der Waals surface area (Å²) in [5.41, 5.74) is 0. The monoisotopic (exact) mass is 247 g/mol. The minimum atomic E-state index is -4.44. The van der Waals surface area contributed by atoms with Crippen molar-refractivity contribution in [3.63, 3.8) is 0 Å². The van der Waals surface area contributed by atoms with Crippen LogP contribution in [0, 0.1) is 5.92 Å². The van der Waals surface area contributed by atoms with Crippen LogP contribution in [0.2, 0.25) is 0 Å². The lowest BCUT2D eigenvalue weighted by Crippen LogP contribution is -2.33. The van der Waals surface area contributed by atoms with E-state index in [9.17, 15) is 17.2 Å². The van der Waals surface area contributed by atoms with E-state index in [2.05, 4.69) is 0 Å². The van der Waals surface area contributed by atoms with Gasteiger partial charge in [0.2, 0.25) is 0 Å². The highest BCUT2D eigenvalue weighted by molar-refractivity contribution is 7.89. The Bertz CT molecular complexity index is 296. The zero-order valence-electron chi connectivity index (χ0n) is 7.66. The summed E-state index contributed by atoms with van der Waals surface area (Å²) in [5.74, 6) is -3.37. The molecule has 0 N–H and O–H groups in total. The van der Waals surface area contributed by atoms with Gasteiger partial charge in [0, 0.05) is 13.1 Å². The molecule has 0 saturated carbocycles. The first-order valence-corrected chi connectivity index (χ1v) is 6.24. The summed E-state index contributed by atoms with van der Waals surface area (Å²) in [6.07, 6.45) is 0.698. The summed E-state index contributed by atoms with van der Waals surface area (Å²) in [7, 11) is -4.44. The molecule has 84 valence electrons. The van der Waals surface area contributed by atoms with Gasteiger partial charge in [-0.1, -0.05) is 13.3 Å². The molecule has 0 amide bonds. The van der Waals surface area contributed by atoms with E-state index >= 15 is 0 Å². The molecule has 0 aromatic rings. The van der Waals surface area contributed by atoms with Gasteiger partial charge in [0.15, 0.2) is 0 Å². The van der Waals surface area contributed by atoms with Crippen LogP contribution in [0.5, 0.6) is 0 Å². The van der Waals surface area contributed by atoms with E-state index in [1.807, 2.05) is 6.92 Å². The molecule has 1 rings (SSSR count). The quantitative estimate of drug-likeness (QED) is 0.709. The summed E-state index contributed by atoms with van der Waals surface area (Å²) < 4.78 is 47.2. The highest BCUT2D eigenvalue weighted by atomic mass is 35.5. The number of sulfonamides is 1. The third kappa shape index (κ3) is 2.17.